The van der Waals surface area contributed by atoms with Crippen molar-refractivity contribution in [2.75, 3.05) is 19.8 Å². The predicted octanol–water partition coefficient (Wildman–Crippen LogP) is 2.68. The van der Waals surface area contributed by atoms with E-state index in [1.807, 2.05) is 0 Å². The van der Waals surface area contributed by atoms with E-state index in [1.165, 1.54) is 6.07 Å². The quantitative estimate of drug-likeness (QED) is 0.897. The zero-order valence-corrected chi connectivity index (χ0v) is 10.6. The van der Waals surface area contributed by atoms with Crippen molar-refractivity contribution in [3.05, 3.63) is 29.6 Å². The summed E-state index contributed by atoms with van der Waals surface area (Å²) in [6.45, 7) is 3.70. The van der Waals surface area contributed by atoms with Gasteiger partial charge >= 0.3 is 0 Å². The third-order valence-electron chi connectivity index (χ3n) is 3.25. The fraction of sp³-hybridized carbons (Fsp3) is 0.571. The predicted molar refractivity (Wildman–Crippen MR) is 66.1 cm³/mol. The van der Waals surface area contributed by atoms with Gasteiger partial charge in [-0.15, -0.1) is 0 Å². The maximum absolute atomic E-state index is 13.6. The highest BCUT2D eigenvalue weighted by molar-refractivity contribution is 5.30. The van der Waals surface area contributed by atoms with Crippen LogP contribution in [0.25, 0.3) is 0 Å². The molecule has 1 aromatic rings. The molecule has 3 nitrogen and oxygen atoms in total. The molecule has 1 N–H and O–H groups in total. The Bertz CT molecular complexity index is 387. The van der Waals surface area contributed by atoms with Gasteiger partial charge in [0.05, 0.1) is 12.7 Å². The van der Waals surface area contributed by atoms with E-state index in [2.05, 4.69) is 0 Å². The topological polar surface area (TPSA) is 38.7 Å². The lowest BCUT2D eigenvalue weighted by Crippen LogP contribution is -2.21. The van der Waals surface area contributed by atoms with Gasteiger partial charge in [0.2, 0.25) is 0 Å². The maximum atomic E-state index is 13.6. The van der Waals surface area contributed by atoms with Gasteiger partial charge in [-0.25, -0.2) is 4.39 Å². The van der Waals surface area contributed by atoms with Crippen LogP contribution in [0.1, 0.15) is 31.4 Å². The molecule has 2 rings (SSSR count). The summed E-state index contributed by atoms with van der Waals surface area (Å²) in [6, 6.07) is 4.60. The number of aliphatic hydroxyl groups is 1. The lowest BCUT2D eigenvalue weighted by atomic mass is 10.0. The Labute approximate surface area is 107 Å². The average molecular weight is 254 g/mol. The summed E-state index contributed by atoms with van der Waals surface area (Å²) in [5.41, 5.74) is 0.299. The Morgan fingerprint density at radius 3 is 2.78 bits per heavy atom. The first-order chi connectivity index (χ1) is 8.66. The van der Waals surface area contributed by atoms with Crippen molar-refractivity contribution >= 4 is 0 Å². The van der Waals surface area contributed by atoms with Gasteiger partial charge in [0.1, 0.15) is 11.6 Å². The number of hydrogen-bond donors (Lipinski definition) is 1. The highest BCUT2D eigenvalue weighted by Gasteiger charge is 2.15. The molecule has 0 amide bonds. The summed E-state index contributed by atoms with van der Waals surface area (Å²) in [4.78, 5) is 0. The summed E-state index contributed by atoms with van der Waals surface area (Å²) < 4.78 is 24.5. The maximum Gasteiger partial charge on any atom is 0.132 e. The first-order valence-electron chi connectivity index (χ1n) is 6.35. The molecule has 0 spiro atoms. The highest BCUT2D eigenvalue weighted by Crippen LogP contribution is 2.23. The van der Waals surface area contributed by atoms with Gasteiger partial charge in [0.25, 0.3) is 0 Å². The van der Waals surface area contributed by atoms with E-state index in [4.69, 9.17) is 9.47 Å². The van der Waals surface area contributed by atoms with Crippen LogP contribution in [0.5, 0.6) is 5.75 Å². The fourth-order valence-electron chi connectivity index (χ4n) is 2.06. The van der Waals surface area contributed by atoms with Crippen LogP contribution in [0, 0.1) is 11.7 Å². The van der Waals surface area contributed by atoms with Gasteiger partial charge in [0, 0.05) is 24.8 Å². The molecule has 0 bridgehead atoms. The lowest BCUT2D eigenvalue weighted by molar-refractivity contribution is 0.0497. The minimum atomic E-state index is -0.797. The van der Waals surface area contributed by atoms with E-state index >= 15 is 0 Å². The van der Waals surface area contributed by atoms with E-state index in [0.29, 0.717) is 23.8 Å². The van der Waals surface area contributed by atoms with E-state index in [0.717, 1.165) is 26.1 Å². The normalized spacial score (nSPS) is 18.6. The minimum Gasteiger partial charge on any atom is -0.493 e. The smallest absolute Gasteiger partial charge is 0.132 e. The zero-order chi connectivity index (χ0) is 13.0. The molecule has 0 aliphatic carbocycles. The summed E-state index contributed by atoms with van der Waals surface area (Å²) in [6.07, 6.45) is 1.19. The molecular weight excluding hydrogens is 235 g/mol. The Kier molecular flexibility index (Phi) is 4.55. The molecular formula is C14H19FO3. The Morgan fingerprint density at radius 2 is 2.17 bits per heavy atom. The summed E-state index contributed by atoms with van der Waals surface area (Å²) in [5, 5.41) is 9.33. The van der Waals surface area contributed by atoms with Gasteiger partial charge < -0.3 is 14.6 Å². The molecule has 1 aliphatic heterocycles. The van der Waals surface area contributed by atoms with Crippen molar-refractivity contribution in [3.63, 3.8) is 0 Å². The second kappa shape index (κ2) is 6.16. The van der Waals surface area contributed by atoms with Crippen LogP contribution in [-0.2, 0) is 4.74 Å². The Hall–Kier alpha value is -1.13. The minimum absolute atomic E-state index is 0.299. The monoisotopic (exact) mass is 254 g/mol. The van der Waals surface area contributed by atoms with Crippen molar-refractivity contribution in [1.82, 2.24) is 0 Å². The van der Waals surface area contributed by atoms with Crippen LogP contribution in [0.4, 0.5) is 4.39 Å². The first-order valence-corrected chi connectivity index (χ1v) is 6.35. The molecule has 0 aromatic heterocycles. The molecule has 1 aliphatic rings. The number of aliphatic hydroxyl groups excluding tert-OH is 1. The standard InChI is InChI=1S/C14H19FO3/c1-10(16)13-3-2-12(8-14(13)15)18-9-11-4-6-17-7-5-11/h2-3,8,10-11,16H,4-7,9H2,1H3. The molecule has 1 saturated heterocycles. The second-order valence-electron chi connectivity index (χ2n) is 4.73. The van der Waals surface area contributed by atoms with Crippen LogP contribution in [0.3, 0.4) is 0 Å². The van der Waals surface area contributed by atoms with Crippen molar-refractivity contribution in [2.45, 2.75) is 25.9 Å². The average Bonchev–Trinajstić information content (AvgIpc) is 2.37. The molecule has 100 valence electrons. The highest BCUT2D eigenvalue weighted by atomic mass is 19.1. The molecule has 0 radical (unpaired) electrons. The summed E-state index contributed by atoms with van der Waals surface area (Å²) in [5.74, 6) is 0.580. The number of hydrogen-bond acceptors (Lipinski definition) is 3. The SMILES string of the molecule is CC(O)c1ccc(OCC2CCOCC2)cc1F. The van der Waals surface area contributed by atoms with Crippen molar-refractivity contribution < 1.29 is 19.0 Å². The largest absolute Gasteiger partial charge is 0.493 e. The van der Waals surface area contributed by atoms with E-state index in [9.17, 15) is 9.50 Å². The van der Waals surface area contributed by atoms with Gasteiger partial charge in [0.15, 0.2) is 0 Å². The number of ether oxygens (including phenoxy) is 2. The third-order valence-corrected chi connectivity index (χ3v) is 3.25. The van der Waals surface area contributed by atoms with E-state index in [1.54, 1.807) is 19.1 Å². The van der Waals surface area contributed by atoms with Crippen LogP contribution in [-0.4, -0.2) is 24.9 Å². The van der Waals surface area contributed by atoms with Crippen molar-refractivity contribution in [3.8, 4) is 5.75 Å². The summed E-state index contributed by atoms with van der Waals surface area (Å²) >= 11 is 0. The molecule has 1 heterocycles. The Morgan fingerprint density at radius 1 is 1.44 bits per heavy atom. The molecule has 1 fully saturated rings. The lowest BCUT2D eigenvalue weighted by Gasteiger charge is -2.22. The zero-order valence-electron chi connectivity index (χ0n) is 10.6. The van der Waals surface area contributed by atoms with Crippen molar-refractivity contribution in [1.29, 1.82) is 0 Å². The molecule has 1 unspecified atom stereocenters. The second-order valence-corrected chi connectivity index (χ2v) is 4.73. The molecule has 4 heteroatoms. The Balaban J connectivity index is 1.91. The number of rotatable bonds is 4. The van der Waals surface area contributed by atoms with Crippen LogP contribution in [0.15, 0.2) is 18.2 Å². The van der Waals surface area contributed by atoms with Gasteiger partial charge in [-0.3, -0.25) is 0 Å². The van der Waals surface area contributed by atoms with Gasteiger partial charge in [-0.2, -0.15) is 0 Å². The molecule has 1 aromatic carbocycles. The van der Waals surface area contributed by atoms with Crippen molar-refractivity contribution in [2.24, 2.45) is 5.92 Å². The van der Waals surface area contributed by atoms with Gasteiger partial charge in [-0.05, 0) is 37.8 Å². The third kappa shape index (κ3) is 3.43. The van der Waals surface area contributed by atoms with Gasteiger partial charge in [-0.1, -0.05) is 0 Å². The van der Waals surface area contributed by atoms with Crippen LogP contribution < -0.4 is 4.74 Å². The van der Waals surface area contributed by atoms with Crippen LogP contribution in [0.2, 0.25) is 0 Å². The van der Waals surface area contributed by atoms with E-state index in [-0.39, 0.29) is 0 Å². The molecule has 0 saturated carbocycles. The summed E-state index contributed by atoms with van der Waals surface area (Å²) in [7, 11) is 0. The first kappa shape index (κ1) is 13.3. The number of halogens is 1. The van der Waals surface area contributed by atoms with E-state index < -0.39 is 11.9 Å². The van der Waals surface area contributed by atoms with Crippen LogP contribution >= 0.6 is 0 Å². The molecule has 1 atom stereocenters. The molecule has 18 heavy (non-hydrogen) atoms. The fourth-order valence-corrected chi connectivity index (χ4v) is 2.06. The number of benzene rings is 1.